The van der Waals surface area contributed by atoms with Crippen LogP contribution in [-0.4, -0.2) is 42.1 Å². The standard InChI is InChI=1S/C23H27Cl2N5O4/c1-5-8-9-28(6-2)19-10-15(4)27-23(22(19)30(32)33)29(14-20(31)34-7-3)21-17(24)11-16(13-26)12-18(21)25/h10-12H,5-9,14H2,1-4H3. The van der Waals surface area contributed by atoms with Crippen LogP contribution in [0, 0.1) is 28.4 Å². The van der Waals surface area contributed by atoms with E-state index < -0.39 is 17.4 Å². The molecule has 1 aromatic heterocycles. The smallest absolute Gasteiger partial charge is 0.335 e. The minimum absolute atomic E-state index is 0.0471. The number of anilines is 3. The molecule has 2 rings (SSSR count). The third kappa shape index (κ3) is 6.27. The zero-order valence-corrected chi connectivity index (χ0v) is 21.1. The van der Waals surface area contributed by atoms with Crippen LogP contribution < -0.4 is 9.80 Å². The Bertz CT molecular complexity index is 1080. The Morgan fingerprint density at radius 1 is 1.24 bits per heavy atom. The van der Waals surface area contributed by atoms with Crippen molar-refractivity contribution in [3.8, 4) is 6.07 Å². The van der Waals surface area contributed by atoms with Crippen LogP contribution >= 0.6 is 23.2 Å². The van der Waals surface area contributed by atoms with Gasteiger partial charge in [-0.25, -0.2) is 4.98 Å². The van der Waals surface area contributed by atoms with Gasteiger partial charge in [-0.05, 0) is 45.4 Å². The highest BCUT2D eigenvalue weighted by Crippen LogP contribution is 2.44. The number of nitrogens with zero attached hydrogens (tertiary/aromatic N) is 5. The number of hydrogen-bond acceptors (Lipinski definition) is 8. The number of pyridine rings is 1. The predicted octanol–water partition coefficient (Wildman–Crippen LogP) is 5.80. The minimum atomic E-state index is -0.642. The van der Waals surface area contributed by atoms with Gasteiger partial charge in [0.2, 0.25) is 5.82 Å². The molecule has 0 fully saturated rings. The molecule has 34 heavy (non-hydrogen) atoms. The number of nitriles is 1. The number of rotatable bonds is 11. The topological polar surface area (TPSA) is 113 Å². The summed E-state index contributed by atoms with van der Waals surface area (Å²) in [4.78, 5) is 32.0. The summed E-state index contributed by atoms with van der Waals surface area (Å²) in [5.41, 5.74) is 0.959. The Labute approximate surface area is 209 Å². The molecule has 0 saturated heterocycles. The largest absolute Gasteiger partial charge is 0.465 e. The van der Waals surface area contributed by atoms with Gasteiger partial charge in [-0.1, -0.05) is 36.5 Å². The molecule has 1 heterocycles. The lowest BCUT2D eigenvalue weighted by Crippen LogP contribution is -2.30. The summed E-state index contributed by atoms with van der Waals surface area (Å²) in [6.07, 6.45) is 1.77. The molecule has 0 bridgehead atoms. The average molecular weight is 508 g/mol. The van der Waals surface area contributed by atoms with E-state index in [0.717, 1.165) is 12.8 Å². The molecular formula is C23H27Cl2N5O4. The van der Waals surface area contributed by atoms with E-state index in [4.69, 9.17) is 27.9 Å². The number of esters is 1. The van der Waals surface area contributed by atoms with Crippen molar-refractivity contribution in [1.82, 2.24) is 4.98 Å². The quantitative estimate of drug-likeness (QED) is 0.213. The van der Waals surface area contributed by atoms with Crippen LogP contribution in [-0.2, 0) is 9.53 Å². The number of nitro groups is 1. The number of carbonyl (C=O) groups is 1. The number of carbonyl (C=O) groups excluding carboxylic acids is 1. The third-order valence-corrected chi connectivity index (χ3v) is 5.61. The van der Waals surface area contributed by atoms with Gasteiger partial charge in [0.15, 0.2) is 0 Å². The van der Waals surface area contributed by atoms with E-state index in [-0.39, 0.29) is 39.4 Å². The number of benzene rings is 1. The maximum atomic E-state index is 12.5. The average Bonchev–Trinajstić information content (AvgIpc) is 2.77. The van der Waals surface area contributed by atoms with E-state index in [9.17, 15) is 20.2 Å². The molecule has 0 saturated carbocycles. The molecule has 9 nitrogen and oxygen atoms in total. The van der Waals surface area contributed by atoms with E-state index in [0.29, 0.717) is 24.5 Å². The molecule has 2 aromatic rings. The summed E-state index contributed by atoms with van der Waals surface area (Å²) >= 11 is 12.9. The first-order valence-electron chi connectivity index (χ1n) is 10.9. The molecule has 0 N–H and O–H groups in total. The molecule has 0 aliphatic heterocycles. The van der Waals surface area contributed by atoms with Crippen LogP contribution in [0.25, 0.3) is 0 Å². The van der Waals surface area contributed by atoms with E-state index in [2.05, 4.69) is 4.98 Å². The van der Waals surface area contributed by atoms with Crippen LogP contribution in [0.15, 0.2) is 18.2 Å². The first-order valence-corrected chi connectivity index (χ1v) is 11.7. The predicted molar refractivity (Wildman–Crippen MR) is 133 cm³/mol. The van der Waals surface area contributed by atoms with Crippen molar-refractivity contribution in [3.05, 3.63) is 49.6 Å². The number of halogens is 2. The first kappa shape index (κ1) is 27.2. The number of unbranched alkanes of at least 4 members (excludes halogenated alkanes) is 1. The number of aromatic nitrogens is 1. The first-order chi connectivity index (χ1) is 16.2. The molecule has 0 amide bonds. The zero-order valence-electron chi connectivity index (χ0n) is 19.6. The van der Waals surface area contributed by atoms with Crippen molar-refractivity contribution in [1.29, 1.82) is 5.26 Å². The van der Waals surface area contributed by atoms with Gasteiger partial charge in [0.05, 0.1) is 38.9 Å². The van der Waals surface area contributed by atoms with Crippen molar-refractivity contribution in [2.24, 2.45) is 0 Å². The van der Waals surface area contributed by atoms with E-state index in [1.165, 1.54) is 17.0 Å². The normalized spacial score (nSPS) is 10.5. The van der Waals surface area contributed by atoms with E-state index in [1.807, 2.05) is 24.8 Å². The molecule has 0 aliphatic carbocycles. The molecule has 0 spiro atoms. The molecule has 0 radical (unpaired) electrons. The van der Waals surface area contributed by atoms with Crippen molar-refractivity contribution >= 4 is 52.1 Å². The highest BCUT2D eigenvalue weighted by atomic mass is 35.5. The van der Waals surface area contributed by atoms with Crippen molar-refractivity contribution in [3.63, 3.8) is 0 Å². The highest BCUT2D eigenvalue weighted by molar-refractivity contribution is 6.39. The SMILES string of the molecule is CCCCN(CC)c1cc(C)nc(N(CC(=O)OCC)c2c(Cl)cc(C#N)cc2Cl)c1[N+](=O)[O-]. The second-order valence-corrected chi connectivity index (χ2v) is 8.25. The van der Waals surface area contributed by atoms with Gasteiger partial charge in [-0.3, -0.25) is 14.9 Å². The Balaban J connectivity index is 2.85. The summed E-state index contributed by atoms with van der Waals surface area (Å²) in [5, 5.41) is 21.7. The monoisotopic (exact) mass is 507 g/mol. The third-order valence-electron chi connectivity index (χ3n) is 5.03. The lowest BCUT2D eigenvalue weighted by atomic mass is 10.1. The van der Waals surface area contributed by atoms with Crippen LogP contribution in [0.1, 0.15) is 44.9 Å². The van der Waals surface area contributed by atoms with Gasteiger partial charge in [0.1, 0.15) is 12.2 Å². The van der Waals surface area contributed by atoms with Crippen LogP contribution in [0.4, 0.5) is 22.9 Å². The Kier molecular flexibility index (Phi) is 9.90. The maximum Gasteiger partial charge on any atom is 0.335 e. The van der Waals surface area contributed by atoms with Gasteiger partial charge in [0, 0.05) is 18.8 Å². The van der Waals surface area contributed by atoms with Gasteiger partial charge >= 0.3 is 11.7 Å². The van der Waals surface area contributed by atoms with E-state index in [1.54, 1.807) is 19.9 Å². The second-order valence-electron chi connectivity index (χ2n) is 7.44. The van der Waals surface area contributed by atoms with Crippen LogP contribution in [0.2, 0.25) is 10.0 Å². The Hall–Kier alpha value is -3.09. The van der Waals surface area contributed by atoms with Crippen molar-refractivity contribution < 1.29 is 14.5 Å². The van der Waals surface area contributed by atoms with Crippen LogP contribution in [0.3, 0.4) is 0 Å². The van der Waals surface area contributed by atoms with Crippen molar-refractivity contribution in [2.75, 3.05) is 36.0 Å². The fraction of sp³-hybridized carbons (Fsp3) is 0.435. The Morgan fingerprint density at radius 2 is 1.88 bits per heavy atom. The van der Waals surface area contributed by atoms with Crippen LogP contribution in [0.5, 0.6) is 0 Å². The zero-order chi connectivity index (χ0) is 25.4. The summed E-state index contributed by atoms with van der Waals surface area (Å²) in [6.45, 7) is 8.19. The maximum absolute atomic E-state index is 12.5. The molecule has 1 aromatic carbocycles. The molecule has 0 aliphatic rings. The van der Waals surface area contributed by atoms with Gasteiger partial charge < -0.3 is 14.5 Å². The summed E-state index contributed by atoms with van der Waals surface area (Å²) in [5.74, 6) is -0.729. The van der Waals surface area contributed by atoms with Crippen molar-refractivity contribution in [2.45, 2.75) is 40.5 Å². The Morgan fingerprint density at radius 3 is 2.38 bits per heavy atom. The second kappa shape index (κ2) is 12.4. The molecule has 0 atom stereocenters. The number of ether oxygens (including phenoxy) is 1. The number of hydrogen-bond donors (Lipinski definition) is 0. The highest BCUT2D eigenvalue weighted by Gasteiger charge is 2.33. The van der Waals surface area contributed by atoms with E-state index >= 15 is 0 Å². The van der Waals surface area contributed by atoms with Gasteiger partial charge in [-0.15, -0.1) is 0 Å². The fourth-order valence-electron chi connectivity index (χ4n) is 3.52. The summed E-state index contributed by atoms with van der Waals surface area (Å²) in [7, 11) is 0. The summed E-state index contributed by atoms with van der Waals surface area (Å²) in [6, 6.07) is 6.37. The molecular weight excluding hydrogens is 481 g/mol. The fourth-order valence-corrected chi connectivity index (χ4v) is 4.21. The molecule has 0 unspecified atom stereocenters. The lowest BCUT2D eigenvalue weighted by Gasteiger charge is -2.28. The lowest BCUT2D eigenvalue weighted by molar-refractivity contribution is -0.383. The number of aryl methyl sites for hydroxylation is 1. The molecule has 182 valence electrons. The minimum Gasteiger partial charge on any atom is -0.465 e. The molecule has 11 heteroatoms. The summed E-state index contributed by atoms with van der Waals surface area (Å²) < 4.78 is 5.10. The van der Waals surface area contributed by atoms with Gasteiger partial charge in [-0.2, -0.15) is 5.26 Å². The van der Waals surface area contributed by atoms with Gasteiger partial charge in [0.25, 0.3) is 0 Å².